The molecule has 0 bridgehead atoms. The highest BCUT2D eigenvalue weighted by molar-refractivity contribution is 7.07. The zero-order valence-corrected chi connectivity index (χ0v) is 11.5. The number of benzene rings is 1. The summed E-state index contributed by atoms with van der Waals surface area (Å²) < 4.78 is 0. The molecule has 19 heavy (non-hydrogen) atoms. The molecule has 0 unspecified atom stereocenters. The Balaban J connectivity index is 1.98. The molecule has 0 amide bonds. The van der Waals surface area contributed by atoms with Gasteiger partial charge in [-0.05, 0) is 34.5 Å². The molecule has 96 valence electrons. The first-order valence-electron chi connectivity index (χ1n) is 6.10. The van der Waals surface area contributed by atoms with Crippen LogP contribution in [0.4, 0.5) is 11.4 Å². The molecule has 3 aromatic rings. The van der Waals surface area contributed by atoms with E-state index in [0.29, 0.717) is 0 Å². The van der Waals surface area contributed by atoms with Gasteiger partial charge in [0.25, 0.3) is 0 Å². The monoisotopic (exact) mass is 269 g/mol. The van der Waals surface area contributed by atoms with E-state index in [0.717, 1.165) is 28.7 Å². The summed E-state index contributed by atoms with van der Waals surface area (Å²) in [7, 11) is 2.07. The Morgan fingerprint density at radius 3 is 2.95 bits per heavy atom. The van der Waals surface area contributed by atoms with Crippen molar-refractivity contribution < 1.29 is 0 Å². The van der Waals surface area contributed by atoms with Crippen LogP contribution in [0, 0.1) is 0 Å². The van der Waals surface area contributed by atoms with Crippen LogP contribution in [0.2, 0.25) is 0 Å². The summed E-state index contributed by atoms with van der Waals surface area (Å²) in [5.41, 5.74) is 9.47. The van der Waals surface area contributed by atoms with Crippen LogP contribution in [0.5, 0.6) is 0 Å². The predicted octanol–water partition coefficient (Wildman–Crippen LogP) is 3.51. The Morgan fingerprint density at radius 1 is 1.26 bits per heavy atom. The van der Waals surface area contributed by atoms with E-state index in [1.54, 1.807) is 17.5 Å². The van der Waals surface area contributed by atoms with Crippen LogP contribution < -0.4 is 10.6 Å². The van der Waals surface area contributed by atoms with Gasteiger partial charge in [0.2, 0.25) is 0 Å². The molecule has 2 aromatic heterocycles. The standard InChI is InChI=1S/C15H15N3S/c1-18(9-11-5-7-19-10-11)14-3-2-12-8-17-6-4-13(12)15(14)16/h2-8,10H,9,16H2,1H3. The minimum atomic E-state index is 0.817. The zero-order chi connectivity index (χ0) is 13.2. The quantitative estimate of drug-likeness (QED) is 0.740. The fourth-order valence-corrected chi connectivity index (χ4v) is 2.92. The van der Waals surface area contributed by atoms with E-state index >= 15 is 0 Å². The normalized spacial score (nSPS) is 10.8. The van der Waals surface area contributed by atoms with Gasteiger partial charge in [-0.2, -0.15) is 11.3 Å². The van der Waals surface area contributed by atoms with E-state index in [2.05, 4.69) is 45.9 Å². The molecule has 2 N–H and O–H groups in total. The topological polar surface area (TPSA) is 42.2 Å². The highest BCUT2D eigenvalue weighted by atomic mass is 32.1. The van der Waals surface area contributed by atoms with Gasteiger partial charge in [-0.1, -0.05) is 6.07 Å². The number of anilines is 2. The van der Waals surface area contributed by atoms with Gasteiger partial charge in [0.05, 0.1) is 11.4 Å². The van der Waals surface area contributed by atoms with Crippen molar-refractivity contribution in [3.05, 3.63) is 53.0 Å². The molecular weight excluding hydrogens is 254 g/mol. The smallest absolute Gasteiger partial charge is 0.0632 e. The van der Waals surface area contributed by atoms with Gasteiger partial charge in [0.15, 0.2) is 0 Å². The molecule has 0 aliphatic rings. The van der Waals surface area contributed by atoms with Crippen LogP contribution in [0.25, 0.3) is 10.8 Å². The third kappa shape index (κ3) is 2.27. The van der Waals surface area contributed by atoms with E-state index in [-0.39, 0.29) is 0 Å². The molecule has 3 nitrogen and oxygen atoms in total. The van der Waals surface area contributed by atoms with E-state index in [1.807, 2.05) is 12.3 Å². The molecule has 0 aliphatic heterocycles. The molecule has 0 aliphatic carbocycles. The number of fused-ring (bicyclic) bond motifs is 1. The Morgan fingerprint density at radius 2 is 2.16 bits per heavy atom. The highest BCUT2D eigenvalue weighted by Crippen LogP contribution is 2.31. The van der Waals surface area contributed by atoms with Crippen molar-refractivity contribution in [2.45, 2.75) is 6.54 Å². The Hall–Kier alpha value is -2.07. The second-order valence-corrected chi connectivity index (χ2v) is 5.36. The molecule has 0 radical (unpaired) electrons. The fraction of sp³-hybridized carbons (Fsp3) is 0.133. The number of nitrogens with zero attached hydrogens (tertiary/aromatic N) is 2. The first-order valence-corrected chi connectivity index (χ1v) is 7.04. The third-order valence-corrected chi connectivity index (χ3v) is 3.98. The Bertz CT molecular complexity index is 692. The van der Waals surface area contributed by atoms with E-state index in [1.165, 1.54) is 5.56 Å². The van der Waals surface area contributed by atoms with Gasteiger partial charge >= 0.3 is 0 Å². The van der Waals surface area contributed by atoms with E-state index < -0.39 is 0 Å². The maximum absolute atomic E-state index is 6.28. The summed E-state index contributed by atoms with van der Waals surface area (Å²) >= 11 is 1.72. The number of thiophene rings is 1. The number of aromatic nitrogens is 1. The van der Waals surface area contributed by atoms with E-state index in [9.17, 15) is 0 Å². The van der Waals surface area contributed by atoms with E-state index in [4.69, 9.17) is 5.73 Å². The number of pyridine rings is 1. The van der Waals surface area contributed by atoms with Crippen molar-refractivity contribution in [3.8, 4) is 0 Å². The molecule has 4 heteroatoms. The van der Waals surface area contributed by atoms with Gasteiger partial charge in [-0.15, -0.1) is 0 Å². The van der Waals surface area contributed by atoms with Crippen molar-refractivity contribution in [1.82, 2.24) is 4.98 Å². The van der Waals surface area contributed by atoms with Crippen LogP contribution in [-0.4, -0.2) is 12.0 Å². The summed E-state index contributed by atoms with van der Waals surface area (Å²) in [4.78, 5) is 6.30. The second kappa shape index (κ2) is 4.90. The Labute approximate surface area is 116 Å². The lowest BCUT2D eigenvalue weighted by atomic mass is 10.1. The van der Waals surface area contributed by atoms with Gasteiger partial charge in [0, 0.05) is 36.8 Å². The van der Waals surface area contributed by atoms with Gasteiger partial charge < -0.3 is 10.6 Å². The van der Waals surface area contributed by atoms with Crippen molar-refractivity contribution in [2.75, 3.05) is 17.7 Å². The number of hydrogen-bond acceptors (Lipinski definition) is 4. The second-order valence-electron chi connectivity index (χ2n) is 4.58. The molecule has 1 aromatic carbocycles. The van der Waals surface area contributed by atoms with Crippen molar-refractivity contribution in [3.63, 3.8) is 0 Å². The average molecular weight is 269 g/mol. The highest BCUT2D eigenvalue weighted by Gasteiger charge is 2.09. The van der Waals surface area contributed by atoms with Crippen LogP contribution in [0.1, 0.15) is 5.56 Å². The summed E-state index contributed by atoms with van der Waals surface area (Å²) in [6.45, 7) is 0.865. The number of hydrogen-bond donors (Lipinski definition) is 1. The summed E-state index contributed by atoms with van der Waals surface area (Å²) in [6.07, 6.45) is 3.62. The number of nitrogen functional groups attached to an aromatic ring is 1. The molecule has 0 saturated carbocycles. The minimum Gasteiger partial charge on any atom is -0.397 e. The van der Waals surface area contributed by atoms with Gasteiger partial charge in [-0.3, -0.25) is 4.98 Å². The molecule has 0 atom stereocenters. The fourth-order valence-electron chi connectivity index (χ4n) is 2.26. The predicted molar refractivity (Wildman–Crippen MR) is 82.6 cm³/mol. The minimum absolute atomic E-state index is 0.817. The summed E-state index contributed by atoms with van der Waals surface area (Å²) in [5, 5.41) is 6.40. The first-order chi connectivity index (χ1) is 9.25. The Kier molecular flexibility index (Phi) is 3.09. The molecule has 0 fully saturated rings. The average Bonchev–Trinajstić information content (AvgIpc) is 2.92. The molecule has 2 heterocycles. The lowest BCUT2D eigenvalue weighted by Gasteiger charge is -2.21. The largest absolute Gasteiger partial charge is 0.397 e. The maximum atomic E-state index is 6.28. The summed E-state index contributed by atoms with van der Waals surface area (Å²) in [6, 6.07) is 8.23. The van der Waals surface area contributed by atoms with Crippen LogP contribution in [-0.2, 0) is 6.54 Å². The SMILES string of the molecule is CN(Cc1ccsc1)c1ccc2cnccc2c1N. The lowest BCUT2D eigenvalue weighted by molar-refractivity contribution is 0.930. The zero-order valence-electron chi connectivity index (χ0n) is 10.7. The third-order valence-electron chi connectivity index (χ3n) is 3.25. The number of nitrogens with two attached hydrogens (primary N) is 1. The van der Waals surface area contributed by atoms with Crippen molar-refractivity contribution in [1.29, 1.82) is 0 Å². The van der Waals surface area contributed by atoms with Gasteiger partial charge in [-0.25, -0.2) is 0 Å². The van der Waals surface area contributed by atoms with Crippen LogP contribution in [0.15, 0.2) is 47.4 Å². The first kappa shape index (κ1) is 12.0. The van der Waals surface area contributed by atoms with Gasteiger partial charge in [0.1, 0.15) is 0 Å². The van der Waals surface area contributed by atoms with Crippen LogP contribution >= 0.6 is 11.3 Å². The molecule has 0 spiro atoms. The molecular formula is C15H15N3S. The van der Waals surface area contributed by atoms with Crippen LogP contribution in [0.3, 0.4) is 0 Å². The lowest BCUT2D eigenvalue weighted by Crippen LogP contribution is -2.17. The van der Waals surface area contributed by atoms with Crippen molar-refractivity contribution in [2.24, 2.45) is 0 Å². The molecule has 0 saturated heterocycles. The van der Waals surface area contributed by atoms with Crippen molar-refractivity contribution >= 4 is 33.5 Å². The number of rotatable bonds is 3. The molecule has 3 rings (SSSR count). The summed E-state index contributed by atoms with van der Waals surface area (Å²) in [5.74, 6) is 0. The maximum Gasteiger partial charge on any atom is 0.0632 e.